The van der Waals surface area contributed by atoms with Gasteiger partial charge in [-0.3, -0.25) is 14.4 Å². The van der Waals surface area contributed by atoms with Gasteiger partial charge in [-0.1, -0.05) is 32.4 Å². The normalized spacial score (nSPS) is 16.4. The number of halogens is 2. The molecule has 154 valence electrons. The number of likely N-dealkylation sites (tertiary alicyclic amines) is 1. The van der Waals surface area contributed by atoms with Crippen molar-refractivity contribution in [2.45, 2.75) is 46.6 Å². The van der Waals surface area contributed by atoms with E-state index in [1.165, 1.54) is 19.1 Å². The number of hydrogen-bond donors (Lipinski definition) is 1. The summed E-state index contributed by atoms with van der Waals surface area (Å²) in [5.74, 6) is -1.86. The van der Waals surface area contributed by atoms with Crippen molar-refractivity contribution in [3.8, 4) is 0 Å². The Morgan fingerprint density at radius 2 is 1.86 bits per heavy atom. The Hall–Kier alpha value is -2.15. The van der Waals surface area contributed by atoms with Gasteiger partial charge in [-0.05, 0) is 38.0 Å². The maximum absolute atomic E-state index is 13.2. The van der Waals surface area contributed by atoms with E-state index in [1.54, 1.807) is 4.90 Å². The van der Waals surface area contributed by atoms with Crippen molar-refractivity contribution < 1.29 is 23.5 Å². The minimum absolute atomic E-state index is 0.0602. The first kappa shape index (κ1) is 22.1. The molecule has 1 N–H and O–H groups in total. The second-order valence-corrected chi connectivity index (χ2v) is 8.42. The smallest absolute Gasteiger partial charge is 0.309 e. The van der Waals surface area contributed by atoms with Gasteiger partial charge in [0.15, 0.2) is 6.10 Å². The van der Waals surface area contributed by atoms with E-state index in [-0.39, 0.29) is 16.8 Å². The van der Waals surface area contributed by atoms with Crippen LogP contribution in [-0.2, 0) is 19.1 Å². The molecule has 1 aliphatic heterocycles. The Morgan fingerprint density at radius 3 is 2.39 bits per heavy atom. The van der Waals surface area contributed by atoms with Crippen LogP contribution in [0.25, 0.3) is 0 Å². The first-order chi connectivity index (χ1) is 13.0. The van der Waals surface area contributed by atoms with Crippen LogP contribution in [0.2, 0.25) is 5.02 Å². The monoisotopic (exact) mass is 412 g/mol. The quantitative estimate of drug-likeness (QED) is 0.766. The van der Waals surface area contributed by atoms with Crippen molar-refractivity contribution in [3.05, 3.63) is 29.0 Å². The Morgan fingerprint density at radius 1 is 1.25 bits per heavy atom. The molecule has 1 saturated heterocycles. The van der Waals surface area contributed by atoms with Crippen LogP contribution >= 0.6 is 11.6 Å². The lowest BCUT2D eigenvalue weighted by atomic mass is 9.91. The van der Waals surface area contributed by atoms with Crippen LogP contribution in [0.5, 0.6) is 0 Å². The predicted molar refractivity (Wildman–Crippen MR) is 104 cm³/mol. The predicted octanol–water partition coefficient (Wildman–Crippen LogP) is 3.63. The summed E-state index contributed by atoms with van der Waals surface area (Å²) in [6.07, 6.45) is -0.00365. The van der Waals surface area contributed by atoms with Crippen LogP contribution in [-0.4, -0.2) is 41.9 Å². The molecule has 0 bridgehead atoms. The van der Waals surface area contributed by atoms with Crippen LogP contribution in [0.4, 0.5) is 10.1 Å². The third-order valence-corrected chi connectivity index (χ3v) is 4.90. The maximum Gasteiger partial charge on any atom is 0.309 e. The van der Waals surface area contributed by atoms with Crippen molar-refractivity contribution in [2.24, 2.45) is 11.3 Å². The third-order valence-electron chi connectivity index (χ3n) is 4.61. The molecule has 0 aliphatic carbocycles. The fraction of sp³-hybridized carbons (Fsp3) is 0.550. The number of amides is 2. The van der Waals surface area contributed by atoms with Crippen LogP contribution < -0.4 is 5.32 Å². The number of carbonyl (C=O) groups excluding carboxylic acids is 3. The molecule has 0 spiro atoms. The summed E-state index contributed by atoms with van der Waals surface area (Å²) < 4.78 is 18.5. The van der Waals surface area contributed by atoms with E-state index in [1.807, 2.05) is 20.8 Å². The summed E-state index contributed by atoms with van der Waals surface area (Å²) in [5.41, 5.74) is -0.142. The number of rotatable bonds is 4. The average molecular weight is 413 g/mol. The molecule has 0 radical (unpaired) electrons. The zero-order valence-corrected chi connectivity index (χ0v) is 17.3. The third kappa shape index (κ3) is 5.67. The van der Waals surface area contributed by atoms with Gasteiger partial charge < -0.3 is 15.0 Å². The highest BCUT2D eigenvalue weighted by Gasteiger charge is 2.33. The van der Waals surface area contributed by atoms with E-state index in [4.69, 9.17) is 16.3 Å². The highest BCUT2D eigenvalue weighted by atomic mass is 35.5. The number of esters is 1. The van der Waals surface area contributed by atoms with Gasteiger partial charge in [-0.15, -0.1) is 0 Å². The number of benzene rings is 1. The molecule has 8 heteroatoms. The number of anilines is 1. The first-order valence-electron chi connectivity index (χ1n) is 9.25. The summed E-state index contributed by atoms with van der Waals surface area (Å²) in [4.78, 5) is 38.6. The Labute approximate surface area is 169 Å². The first-order valence-corrected chi connectivity index (χ1v) is 9.62. The second kappa shape index (κ2) is 8.90. The van der Waals surface area contributed by atoms with E-state index in [0.717, 1.165) is 6.07 Å². The number of hydrogen-bond acceptors (Lipinski definition) is 4. The molecule has 28 heavy (non-hydrogen) atoms. The van der Waals surface area contributed by atoms with E-state index < -0.39 is 29.2 Å². The maximum atomic E-state index is 13.2. The lowest BCUT2D eigenvalue weighted by Crippen LogP contribution is -2.45. The largest absolute Gasteiger partial charge is 0.452 e. The lowest BCUT2D eigenvalue weighted by molar-refractivity contribution is -0.160. The van der Waals surface area contributed by atoms with Gasteiger partial charge in [0.05, 0.1) is 10.9 Å². The molecule has 2 rings (SSSR count). The standard InChI is InChI=1S/C20H26ClFN2O4/c1-12(17(25)23-14-5-6-16(22)15(21)11-14)28-18(26)13-7-9-24(10-8-13)19(27)20(2,3)4/h5-6,11-13H,7-10H2,1-4H3,(H,23,25)/t12-/m1/s1. The van der Waals surface area contributed by atoms with Gasteiger partial charge in [0, 0.05) is 24.2 Å². The topological polar surface area (TPSA) is 75.7 Å². The number of piperidine rings is 1. The second-order valence-electron chi connectivity index (χ2n) is 8.01. The summed E-state index contributed by atoms with van der Waals surface area (Å²) in [6, 6.07) is 3.79. The molecule has 1 fully saturated rings. The van der Waals surface area contributed by atoms with Crippen LogP contribution in [0.3, 0.4) is 0 Å². The van der Waals surface area contributed by atoms with Crippen LogP contribution in [0.1, 0.15) is 40.5 Å². The van der Waals surface area contributed by atoms with Crippen molar-refractivity contribution in [1.82, 2.24) is 4.90 Å². The van der Waals surface area contributed by atoms with Crippen molar-refractivity contribution in [2.75, 3.05) is 18.4 Å². The number of carbonyl (C=O) groups is 3. The van der Waals surface area contributed by atoms with Crippen LogP contribution in [0.15, 0.2) is 18.2 Å². The molecule has 0 aromatic heterocycles. The Kier molecular flexibility index (Phi) is 7.04. The molecular formula is C20H26ClFN2O4. The fourth-order valence-electron chi connectivity index (χ4n) is 2.93. The fourth-order valence-corrected chi connectivity index (χ4v) is 3.11. The summed E-state index contributed by atoms with van der Waals surface area (Å²) >= 11 is 5.69. The molecule has 1 heterocycles. The highest BCUT2D eigenvalue weighted by molar-refractivity contribution is 6.31. The molecule has 0 unspecified atom stereocenters. The van der Waals surface area contributed by atoms with Gasteiger partial charge in [0.1, 0.15) is 5.82 Å². The number of nitrogens with zero attached hydrogens (tertiary/aromatic N) is 1. The molecule has 6 nitrogen and oxygen atoms in total. The molecule has 2 amide bonds. The number of nitrogens with one attached hydrogen (secondary N) is 1. The Bertz CT molecular complexity index is 755. The van der Waals surface area contributed by atoms with Gasteiger partial charge in [0.25, 0.3) is 5.91 Å². The summed E-state index contributed by atoms with van der Waals surface area (Å²) in [5, 5.41) is 2.42. The van der Waals surface area contributed by atoms with E-state index in [9.17, 15) is 18.8 Å². The minimum Gasteiger partial charge on any atom is -0.452 e. The molecule has 1 aliphatic rings. The summed E-state index contributed by atoms with van der Waals surface area (Å²) in [7, 11) is 0. The van der Waals surface area contributed by atoms with Gasteiger partial charge in [0.2, 0.25) is 5.91 Å². The zero-order valence-electron chi connectivity index (χ0n) is 16.6. The van der Waals surface area contributed by atoms with Crippen molar-refractivity contribution in [1.29, 1.82) is 0 Å². The van der Waals surface area contributed by atoms with Gasteiger partial charge in [-0.25, -0.2) is 4.39 Å². The Balaban J connectivity index is 1.84. The van der Waals surface area contributed by atoms with Crippen LogP contribution in [0, 0.1) is 17.2 Å². The average Bonchev–Trinajstić information content (AvgIpc) is 2.63. The van der Waals surface area contributed by atoms with Crippen molar-refractivity contribution in [3.63, 3.8) is 0 Å². The van der Waals surface area contributed by atoms with E-state index >= 15 is 0 Å². The zero-order chi connectivity index (χ0) is 21.1. The molecule has 1 aromatic rings. The van der Waals surface area contributed by atoms with E-state index in [0.29, 0.717) is 31.6 Å². The molecular weight excluding hydrogens is 387 g/mol. The SMILES string of the molecule is C[C@@H](OC(=O)C1CCN(C(=O)C(C)(C)C)CC1)C(=O)Nc1ccc(F)c(Cl)c1. The lowest BCUT2D eigenvalue weighted by Gasteiger charge is -2.35. The molecule has 0 saturated carbocycles. The highest BCUT2D eigenvalue weighted by Crippen LogP contribution is 2.25. The minimum atomic E-state index is -1.01. The van der Waals surface area contributed by atoms with E-state index in [2.05, 4.69) is 5.32 Å². The van der Waals surface area contributed by atoms with Gasteiger partial charge >= 0.3 is 5.97 Å². The molecule has 1 aromatic carbocycles. The number of ether oxygens (including phenoxy) is 1. The molecule has 1 atom stereocenters. The summed E-state index contributed by atoms with van der Waals surface area (Å²) in [6.45, 7) is 8.05. The van der Waals surface area contributed by atoms with Gasteiger partial charge in [-0.2, -0.15) is 0 Å². The van der Waals surface area contributed by atoms with Crippen molar-refractivity contribution >= 4 is 35.1 Å².